The van der Waals surface area contributed by atoms with Crippen LogP contribution in [0.3, 0.4) is 0 Å². The molecule has 2 saturated heterocycles. The molecule has 2 aliphatic heterocycles. The number of rotatable bonds is 3. The number of ether oxygens (including phenoxy) is 2. The molecule has 0 radical (unpaired) electrons. The van der Waals surface area contributed by atoms with Crippen LogP contribution in [0.4, 0.5) is 0 Å². The Morgan fingerprint density at radius 3 is 2.57 bits per heavy atom. The minimum Gasteiger partial charge on any atom is -0.381 e. The first-order valence-corrected chi connectivity index (χ1v) is 8.21. The third-order valence-corrected chi connectivity index (χ3v) is 4.96. The van der Waals surface area contributed by atoms with Gasteiger partial charge in [-0.15, -0.1) is 0 Å². The first-order chi connectivity index (χ1) is 10.2. The van der Waals surface area contributed by atoms with Gasteiger partial charge in [-0.25, -0.2) is 0 Å². The third kappa shape index (κ3) is 3.65. The van der Waals surface area contributed by atoms with Crippen molar-refractivity contribution in [2.45, 2.75) is 57.2 Å². The predicted octanol–water partition coefficient (Wildman–Crippen LogP) is 3.37. The first kappa shape index (κ1) is 15.0. The summed E-state index contributed by atoms with van der Waals surface area (Å²) in [6.07, 6.45) is 4.32. The van der Waals surface area contributed by atoms with Gasteiger partial charge in [-0.2, -0.15) is 0 Å². The van der Waals surface area contributed by atoms with Crippen LogP contribution >= 0.6 is 0 Å². The molecule has 0 amide bonds. The molecule has 0 aromatic heterocycles. The minimum atomic E-state index is 0.0706. The average molecular weight is 289 g/mol. The molecule has 2 unspecified atom stereocenters. The highest BCUT2D eigenvalue weighted by atomic mass is 16.5. The van der Waals surface area contributed by atoms with Gasteiger partial charge in [0.25, 0.3) is 0 Å². The average Bonchev–Trinajstić information content (AvgIpc) is 2.49. The maximum Gasteiger partial charge on any atom is 0.0741 e. The Hall–Kier alpha value is -0.900. The molecule has 3 rings (SSSR count). The molecule has 0 aliphatic carbocycles. The van der Waals surface area contributed by atoms with E-state index >= 15 is 0 Å². The molecule has 116 valence electrons. The highest BCUT2D eigenvalue weighted by molar-refractivity contribution is 5.23. The Morgan fingerprint density at radius 2 is 1.86 bits per heavy atom. The van der Waals surface area contributed by atoms with Crippen LogP contribution in [-0.2, 0) is 9.47 Å². The van der Waals surface area contributed by atoms with E-state index in [0.29, 0.717) is 12.1 Å². The lowest BCUT2D eigenvalue weighted by Crippen LogP contribution is -2.50. The summed E-state index contributed by atoms with van der Waals surface area (Å²) in [6.45, 7) is 6.96. The molecule has 2 aliphatic rings. The number of benzene rings is 1. The Kier molecular flexibility index (Phi) is 4.63. The van der Waals surface area contributed by atoms with Crippen molar-refractivity contribution < 1.29 is 9.47 Å². The largest absolute Gasteiger partial charge is 0.381 e. The maximum atomic E-state index is 6.12. The normalized spacial score (nSPS) is 26.7. The smallest absolute Gasteiger partial charge is 0.0741 e. The summed E-state index contributed by atoms with van der Waals surface area (Å²) in [4.78, 5) is 0. The Balaban J connectivity index is 1.60. The van der Waals surface area contributed by atoms with E-state index in [-0.39, 0.29) is 5.60 Å². The highest BCUT2D eigenvalue weighted by Gasteiger charge is 2.39. The van der Waals surface area contributed by atoms with Gasteiger partial charge in [0.1, 0.15) is 0 Å². The van der Waals surface area contributed by atoms with E-state index in [0.717, 1.165) is 45.5 Å². The molecule has 1 spiro atoms. The van der Waals surface area contributed by atoms with Crippen LogP contribution in [0.5, 0.6) is 0 Å². The van der Waals surface area contributed by atoms with Crippen LogP contribution < -0.4 is 5.32 Å². The van der Waals surface area contributed by atoms with Crippen LogP contribution in [0.15, 0.2) is 24.3 Å². The van der Waals surface area contributed by atoms with E-state index < -0.39 is 0 Å². The van der Waals surface area contributed by atoms with Crippen molar-refractivity contribution in [3.8, 4) is 0 Å². The van der Waals surface area contributed by atoms with Crippen LogP contribution in [0, 0.1) is 6.92 Å². The van der Waals surface area contributed by atoms with Crippen molar-refractivity contribution in [2.24, 2.45) is 0 Å². The van der Waals surface area contributed by atoms with Crippen LogP contribution in [0.1, 0.15) is 49.8 Å². The fourth-order valence-electron chi connectivity index (χ4n) is 3.57. The van der Waals surface area contributed by atoms with E-state index in [4.69, 9.17) is 9.47 Å². The van der Waals surface area contributed by atoms with Crippen LogP contribution in [0.25, 0.3) is 0 Å². The second-order valence-corrected chi connectivity index (χ2v) is 6.63. The Morgan fingerprint density at radius 1 is 1.14 bits per heavy atom. The molecule has 1 aromatic rings. The lowest BCUT2D eigenvalue weighted by Gasteiger charge is -2.44. The monoisotopic (exact) mass is 289 g/mol. The van der Waals surface area contributed by atoms with Gasteiger partial charge in [-0.05, 0) is 45.1 Å². The van der Waals surface area contributed by atoms with Gasteiger partial charge in [0.15, 0.2) is 0 Å². The molecule has 1 aromatic carbocycles. The molecule has 0 saturated carbocycles. The SMILES string of the molecule is Cc1ccc(C(C)NC2CCOC3(CCOCC3)C2)cc1. The van der Waals surface area contributed by atoms with E-state index in [1.165, 1.54) is 11.1 Å². The molecule has 21 heavy (non-hydrogen) atoms. The number of hydrogen-bond donors (Lipinski definition) is 1. The predicted molar refractivity (Wildman–Crippen MR) is 84.5 cm³/mol. The van der Waals surface area contributed by atoms with Gasteiger partial charge in [0, 0.05) is 31.9 Å². The molecule has 2 atom stereocenters. The fourth-order valence-corrected chi connectivity index (χ4v) is 3.57. The summed E-state index contributed by atoms with van der Waals surface area (Å²) in [5.74, 6) is 0. The standard InChI is InChI=1S/C18H27NO2/c1-14-3-5-16(6-4-14)15(2)19-17-7-10-21-18(13-17)8-11-20-12-9-18/h3-6,15,17,19H,7-13H2,1-2H3. The van der Waals surface area contributed by atoms with Crippen molar-refractivity contribution in [1.29, 1.82) is 0 Å². The van der Waals surface area contributed by atoms with Crippen LogP contribution in [0.2, 0.25) is 0 Å². The van der Waals surface area contributed by atoms with Gasteiger partial charge >= 0.3 is 0 Å². The van der Waals surface area contributed by atoms with Gasteiger partial charge in [-0.3, -0.25) is 0 Å². The molecule has 2 fully saturated rings. The summed E-state index contributed by atoms with van der Waals surface area (Å²) in [7, 11) is 0. The summed E-state index contributed by atoms with van der Waals surface area (Å²) in [6, 6.07) is 9.79. The lowest BCUT2D eigenvalue weighted by molar-refractivity contribution is -0.140. The third-order valence-electron chi connectivity index (χ3n) is 4.96. The molecule has 3 heteroatoms. The second kappa shape index (κ2) is 6.47. The summed E-state index contributed by atoms with van der Waals surface area (Å²) in [5.41, 5.74) is 2.76. The van der Waals surface area contributed by atoms with Crippen molar-refractivity contribution in [2.75, 3.05) is 19.8 Å². The van der Waals surface area contributed by atoms with E-state index in [2.05, 4.69) is 43.4 Å². The zero-order chi connectivity index (χ0) is 14.7. The lowest BCUT2D eigenvalue weighted by atomic mass is 9.83. The summed E-state index contributed by atoms with van der Waals surface area (Å²) in [5, 5.41) is 3.81. The first-order valence-electron chi connectivity index (χ1n) is 8.21. The molecule has 1 N–H and O–H groups in total. The van der Waals surface area contributed by atoms with Crippen molar-refractivity contribution in [1.82, 2.24) is 5.32 Å². The van der Waals surface area contributed by atoms with Crippen LogP contribution in [-0.4, -0.2) is 31.5 Å². The number of aryl methyl sites for hydroxylation is 1. The minimum absolute atomic E-state index is 0.0706. The molecule has 2 heterocycles. The summed E-state index contributed by atoms with van der Waals surface area (Å²) < 4.78 is 11.6. The van der Waals surface area contributed by atoms with Crippen molar-refractivity contribution in [3.05, 3.63) is 35.4 Å². The quantitative estimate of drug-likeness (QED) is 0.925. The van der Waals surface area contributed by atoms with Crippen molar-refractivity contribution >= 4 is 0 Å². The van der Waals surface area contributed by atoms with E-state index in [1.54, 1.807) is 0 Å². The summed E-state index contributed by atoms with van der Waals surface area (Å²) >= 11 is 0. The van der Waals surface area contributed by atoms with Crippen molar-refractivity contribution in [3.63, 3.8) is 0 Å². The fraction of sp³-hybridized carbons (Fsp3) is 0.667. The van der Waals surface area contributed by atoms with E-state index in [1.807, 2.05) is 0 Å². The highest BCUT2D eigenvalue weighted by Crippen LogP contribution is 2.35. The maximum absolute atomic E-state index is 6.12. The molecular formula is C18H27NO2. The molecule has 0 bridgehead atoms. The number of hydrogen-bond acceptors (Lipinski definition) is 3. The number of nitrogens with one attached hydrogen (secondary N) is 1. The zero-order valence-corrected chi connectivity index (χ0v) is 13.2. The topological polar surface area (TPSA) is 30.5 Å². The molecule has 3 nitrogen and oxygen atoms in total. The van der Waals surface area contributed by atoms with E-state index in [9.17, 15) is 0 Å². The van der Waals surface area contributed by atoms with Gasteiger partial charge in [-0.1, -0.05) is 29.8 Å². The van der Waals surface area contributed by atoms with Gasteiger partial charge in [0.05, 0.1) is 5.60 Å². The Labute approximate surface area is 128 Å². The molecular weight excluding hydrogens is 262 g/mol. The Bertz CT molecular complexity index is 445. The second-order valence-electron chi connectivity index (χ2n) is 6.63. The van der Waals surface area contributed by atoms with Gasteiger partial charge < -0.3 is 14.8 Å². The zero-order valence-electron chi connectivity index (χ0n) is 13.2. The van der Waals surface area contributed by atoms with Gasteiger partial charge in [0.2, 0.25) is 0 Å².